The Morgan fingerprint density at radius 3 is 2.62 bits per heavy atom. The number of nitrogens with zero attached hydrogens (tertiary/aromatic N) is 1. The molecule has 0 spiro atoms. The van der Waals surface area contributed by atoms with Crippen molar-refractivity contribution in [1.82, 2.24) is 0 Å². The number of sulfonamides is 1. The van der Waals surface area contributed by atoms with Gasteiger partial charge in [0.05, 0.1) is 10.6 Å². The second-order valence-corrected chi connectivity index (χ2v) is 7.86. The Kier molecular flexibility index (Phi) is 3.99. The molecule has 0 aromatic heterocycles. The first-order chi connectivity index (χ1) is 12.4. The van der Waals surface area contributed by atoms with Gasteiger partial charge in [-0.3, -0.25) is 9.52 Å². The van der Waals surface area contributed by atoms with E-state index >= 15 is 0 Å². The Bertz CT molecular complexity index is 987. The minimum atomic E-state index is -3.79. The molecule has 2 aliphatic heterocycles. The molecule has 0 saturated carbocycles. The molecule has 0 saturated heterocycles. The summed E-state index contributed by atoms with van der Waals surface area (Å²) in [5.74, 6) is 0.885. The van der Waals surface area contributed by atoms with Crippen molar-refractivity contribution in [3.8, 4) is 11.5 Å². The number of ether oxygens (including phenoxy) is 2. The van der Waals surface area contributed by atoms with Crippen molar-refractivity contribution >= 4 is 27.3 Å². The zero-order chi connectivity index (χ0) is 18.3. The van der Waals surface area contributed by atoms with E-state index < -0.39 is 10.0 Å². The van der Waals surface area contributed by atoms with E-state index in [0.29, 0.717) is 36.9 Å². The third-order valence-electron chi connectivity index (χ3n) is 4.44. The first-order valence-electron chi connectivity index (χ1n) is 8.27. The van der Waals surface area contributed by atoms with Gasteiger partial charge in [0, 0.05) is 25.2 Å². The van der Waals surface area contributed by atoms with Gasteiger partial charge in [-0.1, -0.05) is 6.07 Å². The summed E-state index contributed by atoms with van der Waals surface area (Å²) in [5.41, 5.74) is 2.19. The van der Waals surface area contributed by atoms with E-state index in [9.17, 15) is 13.2 Å². The third kappa shape index (κ3) is 2.96. The number of fused-ring (bicyclic) bond motifs is 2. The minimum Gasteiger partial charge on any atom is -0.486 e. The average molecular weight is 374 g/mol. The number of amides is 1. The second-order valence-electron chi connectivity index (χ2n) is 6.18. The molecule has 136 valence electrons. The summed E-state index contributed by atoms with van der Waals surface area (Å²) in [6.07, 6.45) is 0.768. The van der Waals surface area contributed by atoms with E-state index in [1.165, 1.54) is 19.1 Å². The highest BCUT2D eigenvalue weighted by atomic mass is 32.2. The molecule has 8 heteroatoms. The summed E-state index contributed by atoms with van der Waals surface area (Å²) in [4.78, 5) is 13.5. The van der Waals surface area contributed by atoms with E-state index in [1.807, 2.05) is 6.07 Å². The van der Waals surface area contributed by atoms with Crippen LogP contribution in [0.15, 0.2) is 41.3 Å². The summed E-state index contributed by atoms with van der Waals surface area (Å²) in [7, 11) is -3.79. The zero-order valence-corrected chi connectivity index (χ0v) is 15.0. The molecule has 0 bridgehead atoms. The number of hydrogen-bond donors (Lipinski definition) is 1. The molecule has 0 atom stereocenters. The maximum Gasteiger partial charge on any atom is 0.262 e. The highest BCUT2D eigenvalue weighted by Crippen LogP contribution is 2.34. The van der Waals surface area contributed by atoms with Crippen molar-refractivity contribution in [3.63, 3.8) is 0 Å². The lowest BCUT2D eigenvalue weighted by Gasteiger charge is -2.19. The van der Waals surface area contributed by atoms with Crippen molar-refractivity contribution in [2.45, 2.75) is 18.2 Å². The molecule has 7 nitrogen and oxygen atoms in total. The first-order valence-corrected chi connectivity index (χ1v) is 9.76. The fourth-order valence-corrected chi connectivity index (χ4v) is 4.24. The smallest absolute Gasteiger partial charge is 0.262 e. The number of rotatable bonds is 3. The van der Waals surface area contributed by atoms with Gasteiger partial charge >= 0.3 is 0 Å². The van der Waals surface area contributed by atoms with E-state index in [4.69, 9.17) is 9.47 Å². The zero-order valence-electron chi connectivity index (χ0n) is 14.2. The summed E-state index contributed by atoms with van der Waals surface area (Å²) >= 11 is 0. The predicted octanol–water partition coefficient (Wildman–Crippen LogP) is 2.17. The molecule has 2 aliphatic rings. The van der Waals surface area contributed by atoms with Crippen LogP contribution in [-0.4, -0.2) is 34.1 Å². The van der Waals surface area contributed by atoms with Gasteiger partial charge in [-0.15, -0.1) is 0 Å². The molecular weight excluding hydrogens is 356 g/mol. The fraction of sp³-hybridized carbons (Fsp3) is 0.278. The standard InChI is InChI=1S/C18H18N2O5S/c1-12(21)20-7-6-13-2-3-14(10-16(13)20)19-26(22,23)15-4-5-17-18(11-15)25-9-8-24-17/h2-5,10-11,19H,6-9H2,1H3. The molecule has 1 amide bonds. The third-order valence-corrected chi connectivity index (χ3v) is 5.82. The maximum absolute atomic E-state index is 12.7. The van der Waals surface area contributed by atoms with Crippen LogP contribution in [0, 0.1) is 0 Å². The molecule has 2 heterocycles. The Labute approximate surface area is 151 Å². The summed E-state index contributed by atoms with van der Waals surface area (Å²) in [5, 5.41) is 0. The van der Waals surface area contributed by atoms with Crippen molar-refractivity contribution in [3.05, 3.63) is 42.0 Å². The largest absolute Gasteiger partial charge is 0.486 e. The molecule has 2 aromatic rings. The quantitative estimate of drug-likeness (QED) is 0.890. The fourth-order valence-electron chi connectivity index (χ4n) is 3.17. The molecule has 0 aliphatic carbocycles. The Morgan fingerprint density at radius 1 is 1.08 bits per heavy atom. The lowest BCUT2D eigenvalue weighted by molar-refractivity contribution is -0.116. The highest BCUT2D eigenvalue weighted by molar-refractivity contribution is 7.92. The summed E-state index contributed by atoms with van der Waals surface area (Å²) in [6, 6.07) is 9.76. The van der Waals surface area contributed by atoms with Crippen molar-refractivity contribution in [1.29, 1.82) is 0 Å². The van der Waals surface area contributed by atoms with Crippen LogP contribution in [-0.2, 0) is 21.2 Å². The average Bonchev–Trinajstić information content (AvgIpc) is 3.04. The van der Waals surface area contributed by atoms with Crippen LogP contribution >= 0.6 is 0 Å². The van der Waals surface area contributed by atoms with Gasteiger partial charge in [0.15, 0.2) is 11.5 Å². The van der Waals surface area contributed by atoms with Gasteiger partial charge < -0.3 is 14.4 Å². The van der Waals surface area contributed by atoms with Crippen LogP contribution in [0.2, 0.25) is 0 Å². The van der Waals surface area contributed by atoms with Gasteiger partial charge in [0.1, 0.15) is 13.2 Å². The van der Waals surface area contributed by atoms with E-state index in [-0.39, 0.29) is 10.8 Å². The van der Waals surface area contributed by atoms with Crippen molar-refractivity contribution in [2.24, 2.45) is 0 Å². The molecule has 2 aromatic carbocycles. The Morgan fingerprint density at radius 2 is 1.85 bits per heavy atom. The van der Waals surface area contributed by atoms with Crippen LogP contribution in [0.1, 0.15) is 12.5 Å². The van der Waals surface area contributed by atoms with Gasteiger partial charge in [0.25, 0.3) is 10.0 Å². The van der Waals surface area contributed by atoms with Crippen LogP contribution in [0.3, 0.4) is 0 Å². The number of nitrogens with one attached hydrogen (secondary N) is 1. The van der Waals surface area contributed by atoms with E-state index in [1.54, 1.807) is 23.1 Å². The summed E-state index contributed by atoms with van der Waals surface area (Å²) < 4.78 is 38.9. The van der Waals surface area contributed by atoms with Crippen LogP contribution in [0.4, 0.5) is 11.4 Å². The number of hydrogen-bond acceptors (Lipinski definition) is 5. The van der Waals surface area contributed by atoms with Gasteiger partial charge in [0.2, 0.25) is 5.91 Å². The first kappa shape index (κ1) is 16.7. The Balaban J connectivity index is 1.63. The lowest BCUT2D eigenvalue weighted by atomic mass is 10.1. The second kappa shape index (κ2) is 6.21. The normalized spacial score (nSPS) is 15.5. The molecule has 26 heavy (non-hydrogen) atoms. The number of benzene rings is 2. The highest BCUT2D eigenvalue weighted by Gasteiger charge is 2.24. The molecule has 1 N–H and O–H groups in total. The maximum atomic E-state index is 12.7. The van der Waals surface area contributed by atoms with Crippen molar-refractivity contribution < 1.29 is 22.7 Å². The van der Waals surface area contributed by atoms with Crippen LogP contribution in [0.25, 0.3) is 0 Å². The lowest BCUT2D eigenvalue weighted by Crippen LogP contribution is -2.25. The molecular formula is C18H18N2O5S. The topological polar surface area (TPSA) is 84.9 Å². The van der Waals surface area contributed by atoms with E-state index in [0.717, 1.165) is 17.7 Å². The van der Waals surface area contributed by atoms with Crippen LogP contribution < -0.4 is 19.1 Å². The Hall–Kier alpha value is -2.74. The van der Waals surface area contributed by atoms with Gasteiger partial charge in [-0.2, -0.15) is 0 Å². The predicted molar refractivity (Wildman–Crippen MR) is 96.4 cm³/mol. The van der Waals surface area contributed by atoms with E-state index in [2.05, 4.69) is 4.72 Å². The van der Waals surface area contributed by atoms with Gasteiger partial charge in [-0.25, -0.2) is 8.42 Å². The molecule has 0 radical (unpaired) electrons. The SMILES string of the molecule is CC(=O)N1CCc2ccc(NS(=O)(=O)c3ccc4c(c3)OCCO4)cc21. The number of carbonyl (C=O) groups excluding carboxylic acids is 1. The number of carbonyl (C=O) groups is 1. The minimum absolute atomic E-state index is 0.0596. The van der Waals surface area contributed by atoms with Crippen LogP contribution in [0.5, 0.6) is 11.5 Å². The molecule has 0 fully saturated rings. The summed E-state index contributed by atoms with van der Waals surface area (Å²) in [6.45, 7) is 2.94. The van der Waals surface area contributed by atoms with Gasteiger partial charge in [-0.05, 0) is 36.2 Å². The number of anilines is 2. The monoisotopic (exact) mass is 374 g/mol. The molecule has 0 unspecified atom stereocenters. The van der Waals surface area contributed by atoms with Crippen molar-refractivity contribution in [2.75, 3.05) is 29.4 Å². The molecule has 4 rings (SSSR count).